The molecule has 0 aliphatic heterocycles. The van der Waals surface area contributed by atoms with Gasteiger partial charge in [-0.05, 0) is 31.5 Å². The molecule has 0 radical (unpaired) electrons. The highest BCUT2D eigenvalue weighted by atomic mass is 16.5. The molecule has 0 aliphatic rings. The van der Waals surface area contributed by atoms with E-state index in [2.05, 4.69) is 0 Å². The highest BCUT2D eigenvalue weighted by molar-refractivity contribution is 5.39. The topological polar surface area (TPSA) is 27.7 Å². The molecule has 0 aliphatic carbocycles. The van der Waals surface area contributed by atoms with Gasteiger partial charge in [0, 0.05) is 6.61 Å². The second kappa shape index (κ2) is 8.32. The summed E-state index contributed by atoms with van der Waals surface area (Å²) in [5.41, 5.74) is 1.13. The van der Waals surface area contributed by atoms with Crippen molar-refractivity contribution in [2.75, 3.05) is 13.2 Å². The summed E-state index contributed by atoms with van der Waals surface area (Å²) < 4.78 is 17.1. The van der Waals surface area contributed by atoms with Gasteiger partial charge in [-0.15, -0.1) is 0 Å². The first-order valence-corrected chi connectivity index (χ1v) is 7.29. The average Bonchev–Trinajstić information content (AvgIpc) is 2.53. The normalized spacial score (nSPS) is 11.9. The molecule has 1 unspecified atom stereocenters. The molecular formula is C18H22O3. The van der Waals surface area contributed by atoms with Crippen molar-refractivity contribution in [2.24, 2.45) is 0 Å². The van der Waals surface area contributed by atoms with E-state index in [4.69, 9.17) is 14.2 Å². The molecule has 2 aromatic carbocycles. The average molecular weight is 286 g/mol. The lowest BCUT2D eigenvalue weighted by atomic mass is 10.2. The van der Waals surface area contributed by atoms with Crippen LogP contribution in [0, 0.1) is 0 Å². The van der Waals surface area contributed by atoms with Gasteiger partial charge >= 0.3 is 0 Å². The molecule has 2 aromatic rings. The van der Waals surface area contributed by atoms with Crippen molar-refractivity contribution in [1.82, 2.24) is 0 Å². The van der Waals surface area contributed by atoms with Crippen LogP contribution in [0.1, 0.15) is 19.4 Å². The maximum absolute atomic E-state index is 5.85. The van der Waals surface area contributed by atoms with Crippen molar-refractivity contribution in [3.05, 3.63) is 60.2 Å². The van der Waals surface area contributed by atoms with Gasteiger partial charge in [0.1, 0.15) is 13.2 Å². The summed E-state index contributed by atoms with van der Waals surface area (Å²) >= 11 is 0. The van der Waals surface area contributed by atoms with Gasteiger partial charge in [-0.3, -0.25) is 0 Å². The molecule has 0 bridgehead atoms. The fourth-order valence-electron chi connectivity index (χ4n) is 1.96. The molecule has 0 fully saturated rings. The minimum Gasteiger partial charge on any atom is -0.487 e. The molecule has 3 nitrogen and oxygen atoms in total. The summed E-state index contributed by atoms with van der Waals surface area (Å²) in [6, 6.07) is 17.8. The molecule has 0 saturated carbocycles. The molecule has 112 valence electrons. The van der Waals surface area contributed by atoms with E-state index >= 15 is 0 Å². The van der Waals surface area contributed by atoms with Crippen molar-refractivity contribution in [2.45, 2.75) is 26.6 Å². The van der Waals surface area contributed by atoms with Crippen LogP contribution in [0.2, 0.25) is 0 Å². The maximum Gasteiger partial charge on any atom is 0.161 e. The summed E-state index contributed by atoms with van der Waals surface area (Å²) in [4.78, 5) is 0. The zero-order valence-corrected chi connectivity index (χ0v) is 12.6. The van der Waals surface area contributed by atoms with Crippen LogP contribution in [0.15, 0.2) is 54.6 Å². The molecular weight excluding hydrogens is 264 g/mol. The minimum atomic E-state index is 0.0668. The van der Waals surface area contributed by atoms with Crippen LogP contribution >= 0.6 is 0 Å². The third kappa shape index (κ3) is 5.12. The largest absolute Gasteiger partial charge is 0.487 e. The van der Waals surface area contributed by atoms with Crippen LogP contribution in [0.4, 0.5) is 0 Å². The highest BCUT2D eigenvalue weighted by Gasteiger charge is 2.07. The van der Waals surface area contributed by atoms with Gasteiger partial charge in [-0.2, -0.15) is 0 Å². The third-order valence-electron chi connectivity index (χ3n) is 3.01. The minimum absolute atomic E-state index is 0.0668. The SMILES string of the molecule is CCOC(C)COc1ccccc1OCc1ccccc1. The maximum atomic E-state index is 5.85. The van der Waals surface area contributed by atoms with Gasteiger partial charge in [0.05, 0.1) is 6.10 Å². The first kappa shape index (κ1) is 15.4. The summed E-state index contributed by atoms with van der Waals surface area (Å²) in [5, 5.41) is 0. The summed E-state index contributed by atoms with van der Waals surface area (Å²) in [6.45, 7) is 5.71. The fraction of sp³-hybridized carbons (Fsp3) is 0.333. The van der Waals surface area contributed by atoms with Crippen molar-refractivity contribution < 1.29 is 14.2 Å². The number of hydrogen-bond donors (Lipinski definition) is 0. The summed E-state index contributed by atoms with van der Waals surface area (Å²) in [5.74, 6) is 1.50. The van der Waals surface area contributed by atoms with E-state index in [1.807, 2.05) is 68.4 Å². The first-order valence-electron chi connectivity index (χ1n) is 7.29. The van der Waals surface area contributed by atoms with Gasteiger partial charge < -0.3 is 14.2 Å². The summed E-state index contributed by atoms with van der Waals surface area (Å²) in [7, 11) is 0. The van der Waals surface area contributed by atoms with E-state index in [0.717, 1.165) is 17.1 Å². The van der Waals surface area contributed by atoms with Gasteiger partial charge in [0.25, 0.3) is 0 Å². The molecule has 0 saturated heterocycles. The smallest absolute Gasteiger partial charge is 0.161 e. The van der Waals surface area contributed by atoms with Crippen LogP contribution in [0.3, 0.4) is 0 Å². The molecule has 1 atom stereocenters. The van der Waals surface area contributed by atoms with Crippen molar-refractivity contribution in [1.29, 1.82) is 0 Å². The van der Waals surface area contributed by atoms with Crippen molar-refractivity contribution in [3.8, 4) is 11.5 Å². The standard InChI is InChI=1S/C18H22O3/c1-3-19-15(2)13-20-17-11-7-8-12-18(17)21-14-16-9-5-4-6-10-16/h4-12,15H,3,13-14H2,1-2H3. The highest BCUT2D eigenvalue weighted by Crippen LogP contribution is 2.27. The zero-order valence-electron chi connectivity index (χ0n) is 12.6. The molecule has 2 rings (SSSR count). The Labute approximate surface area is 126 Å². The van der Waals surface area contributed by atoms with Crippen LogP contribution in [0.5, 0.6) is 11.5 Å². The quantitative estimate of drug-likeness (QED) is 0.732. The van der Waals surface area contributed by atoms with Crippen LogP contribution in [0.25, 0.3) is 0 Å². The molecule has 0 aromatic heterocycles. The lowest BCUT2D eigenvalue weighted by molar-refractivity contribution is 0.0392. The van der Waals surface area contributed by atoms with E-state index in [1.165, 1.54) is 0 Å². The summed E-state index contributed by atoms with van der Waals surface area (Å²) in [6.07, 6.45) is 0.0668. The molecule has 0 amide bonds. The van der Waals surface area contributed by atoms with Gasteiger partial charge in [0.2, 0.25) is 0 Å². The Kier molecular flexibility index (Phi) is 6.10. The second-order valence-corrected chi connectivity index (χ2v) is 4.80. The van der Waals surface area contributed by atoms with Crippen LogP contribution in [-0.4, -0.2) is 19.3 Å². The van der Waals surface area contributed by atoms with Crippen LogP contribution < -0.4 is 9.47 Å². The van der Waals surface area contributed by atoms with E-state index in [1.54, 1.807) is 0 Å². The Hall–Kier alpha value is -2.00. The molecule has 0 spiro atoms. The zero-order chi connectivity index (χ0) is 14.9. The molecule has 0 heterocycles. The Morgan fingerprint density at radius 2 is 1.48 bits per heavy atom. The Bertz CT molecular complexity index is 525. The number of rotatable bonds is 8. The number of ether oxygens (including phenoxy) is 3. The van der Waals surface area contributed by atoms with Gasteiger partial charge in [-0.1, -0.05) is 42.5 Å². The number of benzene rings is 2. The second-order valence-electron chi connectivity index (χ2n) is 4.80. The molecule has 0 N–H and O–H groups in total. The van der Waals surface area contributed by atoms with Crippen molar-refractivity contribution >= 4 is 0 Å². The van der Waals surface area contributed by atoms with Crippen LogP contribution in [-0.2, 0) is 11.3 Å². The first-order chi connectivity index (χ1) is 10.3. The number of para-hydroxylation sites is 2. The molecule has 21 heavy (non-hydrogen) atoms. The van der Waals surface area contributed by atoms with E-state index in [0.29, 0.717) is 19.8 Å². The predicted octanol–water partition coefficient (Wildman–Crippen LogP) is 4.07. The van der Waals surface area contributed by atoms with Gasteiger partial charge in [-0.25, -0.2) is 0 Å². The van der Waals surface area contributed by atoms with E-state index in [9.17, 15) is 0 Å². The predicted molar refractivity (Wildman–Crippen MR) is 83.8 cm³/mol. The Morgan fingerprint density at radius 3 is 2.14 bits per heavy atom. The fourth-order valence-corrected chi connectivity index (χ4v) is 1.96. The van der Waals surface area contributed by atoms with Crippen molar-refractivity contribution in [3.63, 3.8) is 0 Å². The lowest BCUT2D eigenvalue weighted by Gasteiger charge is -2.16. The monoisotopic (exact) mass is 286 g/mol. The Balaban J connectivity index is 1.93. The molecule has 3 heteroatoms. The number of hydrogen-bond acceptors (Lipinski definition) is 3. The van der Waals surface area contributed by atoms with E-state index < -0.39 is 0 Å². The lowest BCUT2D eigenvalue weighted by Crippen LogP contribution is -2.18. The van der Waals surface area contributed by atoms with Gasteiger partial charge in [0.15, 0.2) is 11.5 Å². The Morgan fingerprint density at radius 1 is 0.857 bits per heavy atom. The third-order valence-corrected chi connectivity index (χ3v) is 3.01. The van der Waals surface area contributed by atoms with E-state index in [-0.39, 0.29) is 6.10 Å².